The van der Waals surface area contributed by atoms with Crippen molar-refractivity contribution in [3.63, 3.8) is 0 Å². The molecule has 0 fully saturated rings. The van der Waals surface area contributed by atoms with Crippen LogP contribution in [0.1, 0.15) is 34.2 Å². The third-order valence-electron chi connectivity index (χ3n) is 4.09. The standard InChI is InChI=1S/C21H21N3S3/c1-4-16-10-25-12-18-6-2-8-20(23-18)14-27-15-21-9-3-7-19(24-21)13-26-11-17(5-1)22-16/h1-9H,10-15H2. The van der Waals surface area contributed by atoms with Crippen molar-refractivity contribution < 1.29 is 0 Å². The van der Waals surface area contributed by atoms with Crippen molar-refractivity contribution in [2.75, 3.05) is 0 Å². The lowest BCUT2D eigenvalue weighted by Gasteiger charge is -2.08. The van der Waals surface area contributed by atoms with Crippen LogP contribution in [0.2, 0.25) is 0 Å². The minimum Gasteiger partial charge on any atom is -0.256 e. The predicted molar refractivity (Wildman–Crippen MR) is 118 cm³/mol. The summed E-state index contributed by atoms with van der Waals surface area (Å²) >= 11 is 5.63. The van der Waals surface area contributed by atoms with Gasteiger partial charge in [0.05, 0.1) is 34.2 Å². The Bertz CT molecular complexity index is 726. The molecule has 0 radical (unpaired) electrons. The number of rotatable bonds is 0. The highest BCUT2D eigenvalue weighted by Crippen LogP contribution is 2.22. The molecule has 0 aromatic carbocycles. The molecule has 0 saturated heterocycles. The van der Waals surface area contributed by atoms with E-state index in [1.807, 2.05) is 35.3 Å². The molecule has 1 aliphatic heterocycles. The van der Waals surface area contributed by atoms with Crippen molar-refractivity contribution in [1.82, 2.24) is 15.0 Å². The van der Waals surface area contributed by atoms with Crippen LogP contribution in [0.5, 0.6) is 0 Å². The smallest absolute Gasteiger partial charge is 0.0506 e. The number of thioether (sulfide) groups is 3. The summed E-state index contributed by atoms with van der Waals surface area (Å²) in [4.78, 5) is 14.4. The van der Waals surface area contributed by atoms with E-state index in [0.29, 0.717) is 0 Å². The lowest BCUT2D eigenvalue weighted by atomic mass is 10.3. The normalized spacial score (nSPS) is 15.6. The number of pyridine rings is 3. The number of hydrogen-bond acceptors (Lipinski definition) is 6. The molecular formula is C21H21N3S3. The van der Waals surface area contributed by atoms with E-state index in [2.05, 4.69) is 54.6 Å². The molecule has 0 saturated carbocycles. The summed E-state index contributed by atoms with van der Waals surface area (Å²) in [6.07, 6.45) is 0. The molecule has 27 heavy (non-hydrogen) atoms. The molecule has 1 aliphatic rings. The van der Waals surface area contributed by atoms with Crippen LogP contribution in [0, 0.1) is 0 Å². The van der Waals surface area contributed by atoms with Crippen LogP contribution < -0.4 is 0 Å². The first-order valence-electron chi connectivity index (χ1n) is 8.93. The van der Waals surface area contributed by atoms with Crippen LogP contribution in [-0.4, -0.2) is 15.0 Å². The third kappa shape index (κ3) is 5.74. The van der Waals surface area contributed by atoms with Gasteiger partial charge in [-0.1, -0.05) is 18.2 Å². The highest BCUT2D eigenvalue weighted by atomic mass is 32.2. The maximum atomic E-state index is 4.81. The van der Waals surface area contributed by atoms with E-state index >= 15 is 0 Å². The van der Waals surface area contributed by atoms with Gasteiger partial charge < -0.3 is 0 Å². The molecule has 3 nitrogen and oxygen atoms in total. The second-order valence-electron chi connectivity index (χ2n) is 6.34. The van der Waals surface area contributed by atoms with Gasteiger partial charge in [0.1, 0.15) is 0 Å². The van der Waals surface area contributed by atoms with Gasteiger partial charge in [-0.15, -0.1) is 35.3 Å². The Morgan fingerprint density at radius 3 is 0.852 bits per heavy atom. The second-order valence-corrected chi connectivity index (χ2v) is 9.30. The monoisotopic (exact) mass is 411 g/mol. The fourth-order valence-corrected chi connectivity index (χ4v) is 5.38. The number of fused-ring (bicyclic) bond motifs is 6. The summed E-state index contributed by atoms with van der Waals surface area (Å²) in [5.41, 5.74) is 6.87. The van der Waals surface area contributed by atoms with Crippen molar-refractivity contribution >= 4 is 35.3 Å². The number of aromatic nitrogens is 3. The van der Waals surface area contributed by atoms with Gasteiger partial charge in [-0.2, -0.15) is 0 Å². The maximum absolute atomic E-state index is 4.81. The van der Waals surface area contributed by atoms with Crippen molar-refractivity contribution in [3.05, 3.63) is 88.8 Å². The van der Waals surface area contributed by atoms with Crippen LogP contribution in [0.3, 0.4) is 0 Å². The van der Waals surface area contributed by atoms with E-state index in [1.54, 1.807) is 0 Å². The minimum absolute atomic E-state index is 0.919. The van der Waals surface area contributed by atoms with Gasteiger partial charge in [0.2, 0.25) is 0 Å². The average molecular weight is 412 g/mol. The molecular weight excluding hydrogens is 390 g/mol. The lowest BCUT2D eigenvalue weighted by molar-refractivity contribution is 1.06. The average Bonchev–Trinajstić information content (AvgIpc) is 2.69. The topological polar surface area (TPSA) is 38.7 Å². The maximum Gasteiger partial charge on any atom is 0.0506 e. The molecule has 4 rings (SSSR count). The Morgan fingerprint density at radius 1 is 0.407 bits per heavy atom. The largest absolute Gasteiger partial charge is 0.256 e. The van der Waals surface area contributed by atoms with Gasteiger partial charge in [-0.3, -0.25) is 15.0 Å². The van der Waals surface area contributed by atoms with Crippen LogP contribution in [0.15, 0.2) is 54.6 Å². The third-order valence-corrected chi connectivity index (χ3v) is 7.09. The summed E-state index contributed by atoms with van der Waals surface area (Å²) in [6, 6.07) is 19.0. The van der Waals surface area contributed by atoms with Gasteiger partial charge in [0, 0.05) is 34.5 Å². The Hall–Kier alpha value is -1.50. The first kappa shape index (κ1) is 18.8. The summed E-state index contributed by atoms with van der Waals surface area (Å²) in [5.74, 6) is 5.52. The fraction of sp³-hybridized carbons (Fsp3) is 0.286. The van der Waals surface area contributed by atoms with Crippen LogP contribution in [-0.2, 0) is 34.5 Å². The Balaban J connectivity index is 1.54. The van der Waals surface area contributed by atoms with E-state index in [1.165, 1.54) is 0 Å². The van der Waals surface area contributed by atoms with E-state index < -0.39 is 0 Å². The molecule has 0 spiro atoms. The molecule has 0 aliphatic carbocycles. The zero-order valence-electron chi connectivity index (χ0n) is 15.0. The molecule has 0 atom stereocenters. The van der Waals surface area contributed by atoms with E-state index in [4.69, 9.17) is 15.0 Å². The summed E-state index contributed by atoms with van der Waals surface area (Å²) in [5, 5.41) is 0. The van der Waals surface area contributed by atoms with E-state index in [0.717, 1.165) is 68.7 Å². The zero-order chi connectivity index (χ0) is 18.3. The summed E-state index contributed by atoms with van der Waals surface area (Å²) in [6.45, 7) is 0. The molecule has 0 amide bonds. The van der Waals surface area contributed by atoms with E-state index in [-0.39, 0.29) is 0 Å². The van der Waals surface area contributed by atoms with Gasteiger partial charge in [0.15, 0.2) is 0 Å². The molecule has 3 aromatic rings. The molecule has 0 N–H and O–H groups in total. The fourth-order valence-electron chi connectivity index (χ4n) is 2.85. The summed E-state index contributed by atoms with van der Waals surface area (Å²) in [7, 11) is 0. The molecule has 6 bridgehead atoms. The van der Waals surface area contributed by atoms with Gasteiger partial charge in [0.25, 0.3) is 0 Å². The van der Waals surface area contributed by atoms with Gasteiger partial charge in [-0.05, 0) is 36.4 Å². The van der Waals surface area contributed by atoms with Crippen LogP contribution in [0.25, 0.3) is 0 Å². The predicted octanol–water partition coefficient (Wildman–Crippen LogP) is 5.49. The first-order chi connectivity index (χ1) is 13.3. The number of hydrogen-bond donors (Lipinski definition) is 0. The zero-order valence-corrected chi connectivity index (χ0v) is 17.5. The molecule has 3 aromatic heterocycles. The van der Waals surface area contributed by atoms with Crippen molar-refractivity contribution in [2.24, 2.45) is 0 Å². The van der Waals surface area contributed by atoms with Crippen molar-refractivity contribution in [1.29, 1.82) is 0 Å². The minimum atomic E-state index is 0.919. The highest BCUT2D eigenvalue weighted by Gasteiger charge is 2.05. The molecule has 6 heteroatoms. The Kier molecular flexibility index (Phi) is 6.72. The van der Waals surface area contributed by atoms with Gasteiger partial charge >= 0.3 is 0 Å². The quantitative estimate of drug-likeness (QED) is 0.487. The van der Waals surface area contributed by atoms with Gasteiger partial charge in [-0.25, -0.2) is 0 Å². The lowest BCUT2D eigenvalue weighted by Crippen LogP contribution is -1.97. The number of nitrogens with zero attached hydrogens (tertiary/aromatic N) is 3. The Labute approximate surface area is 173 Å². The SMILES string of the molecule is c1cc2nc(c1)CSCc1cccc(n1)CSCc1cccc(n1)CSC2. The second kappa shape index (κ2) is 9.62. The van der Waals surface area contributed by atoms with E-state index in [9.17, 15) is 0 Å². The highest BCUT2D eigenvalue weighted by molar-refractivity contribution is 7.98. The molecule has 4 heterocycles. The van der Waals surface area contributed by atoms with Crippen molar-refractivity contribution in [3.8, 4) is 0 Å². The summed E-state index contributed by atoms with van der Waals surface area (Å²) < 4.78 is 0. The van der Waals surface area contributed by atoms with Crippen LogP contribution >= 0.6 is 35.3 Å². The Morgan fingerprint density at radius 2 is 0.630 bits per heavy atom. The molecule has 138 valence electrons. The first-order valence-corrected chi connectivity index (χ1v) is 12.4. The van der Waals surface area contributed by atoms with Crippen LogP contribution in [0.4, 0.5) is 0 Å². The molecule has 0 unspecified atom stereocenters. The van der Waals surface area contributed by atoms with Crippen molar-refractivity contribution in [2.45, 2.75) is 34.5 Å².